The zero-order valence-electron chi connectivity index (χ0n) is 13.5. The van der Waals surface area contributed by atoms with Crippen molar-refractivity contribution in [2.45, 2.75) is 13.1 Å². The molecule has 2 saturated heterocycles. The molecule has 3 atom stereocenters. The number of amides is 1. The highest BCUT2D eigenvalue weighted by Crippen LogP contribution is 2.35. The number of hydrogen-bond acceptors (Lipinski definition) is 5. The van der Waals surface area contributed by atoms with Crippen molar-refractivity contribution in [1.29, 1.82) is 0 Å². The quantitative estimate of drug-likeness (QED) is 0.907. The van der Waals surface area contributed by atoms with Gasteiger partial charge in [-0.3, -0.25) is 9.69 Å². The Bertz CT molecular complexity index is 653. The molecule has 2 aromatic heterocycles. The lowest BCUT2D eigenvalue weighted by Crippen LogP contribution is -2.44. The number of likely N-dealkylation sites (tertiary alicyclic amines) is 1. The van der Waals surface area contributed by atoms with Crippen LogP contribution < -0.4 is 5.32 Å². The van der Waals surface area contributed by atoms with Crippen molar-refractivity contribution < 1.29 is 18.4 Å². The van der Waals surface area contributed by atoms with Gasteiger partial charge in [-0.1, -0.05) is 0 Å². The fourth-order valence-electron chi connectivity index (χ4n) is 3.85. The van der Waals surface area contributed by atoms with Crippen molar-refractivity contribution in [3.05, 3.63) is 48.3 Å². The molecular formula is C18H22N2O4. The summed E-state index contributed by atoms with van der Waals surface area (Å²) >= 11 is 0. The third-order valence-electron chi connectivity index (χ3n) is 5.05. The van der Waals surface area contributed by atoms with Crippen LogP contribution in [-0.4, -0.2) is 37.1 Å². The molecule has 4 heterocycles. The van der Waals surface area contributed by atoms with Gasteiger partial charge in [0.05, 0.1) is 44.5 Å². The van der Waals surface area contributed by atoms with Crippen LogP contribution in [0.3, 0.4) is 0 Å². The van der Waals surface area contributed by atoms with Crippen LogP contribution in [0.15, 0.2) is 45.8 Å². The molecule has 6 heteroatoms. The minimum absolute atomic E-state index is 0.0614. The maximum atomic E-state index is 12.6. The number of furan rings is 2. The summed E-state index contributed by atoms with van der Waals surface area (Å²) in [5.74, 6) is 1.51. The Kier molecular flexibility index (Phi) is 4.40. The van der Waals surface area contributed by atoms with Crippen LogP contribution in [0.25, 0.3) is 0 Å². The first kappa shape index (κ1) is 15.5. The van der Waals surface area contributed by atoms with Crippen molar-refractivity contribution in [1.82, 2.24) is 10.2 Å². The van der Waals surface area contributed by atoms with Gasteiger partial charge in [0.25, 0.3) is 0 Å². The summed E-state index contributed by atoms with van der Waals surface area (Å²) in [4.78, 5) is 15.0. The first-order valence-electron chi connectivity index (χ1n) is 8.41. The molecule has 0 saturated carbocycles. The number of carbonyl (C=O) groups is 1. The van der Waals surface area contributed by atoms with Crippen LogP contribution in [0.1, 0.15) is 11.3 Å². The van der Waals surface area contributed by atoms with Crippen LogP contribution in [0.2, 0.25) is 0 Å². The Morgan fingerprint density at radius 2 is 2.21 bits per heavy atom. The minimum atomic E-state index is -0.0898. The summed E-state index contributed by atoms with van der Waals surface area (Å²) in [6, 6.07) is 5.68. The first-order valence-corrected chi connectivity index (χ1v) is 8.41. The Morgan fingerprint density at radius 1 is 1.25 bits per heavy atom. The number of carbonyl (C=O) groups excluding carboxylic acids is 1. The van der Waals surface area contributed by atoms with E-state index in [1.54, 1.807) is 18.8 Å². The van der Waals surface area contributed by atoms with Crippen molar-refractivity contribution >= 4 is 5.91 Å². The molecule has 0 spiro atoms. The Balaban J connectivity index is 1.36. The molecule has 6 nitrogen and oxygen atoms in total. The van der Waals surface area contributed by atoms with E-state index in [9.17, 15) is 4.79 Å². The SMILES string of the molecule is O=C(NCc1ccco1)[C@@H]1COC[C@H]2CN(Cc3ccoc3)C[C@H]21. The Hall–Kier alpha value is -2.05. The largest absolute Gasteiger partial charge is 0.472 e. The third kappa shape index (κ3) is 3.25. The molecule has 4 rings (SSSR count). The van der Waals surface area contributed by atoms with Gasteiger partial charge in [0.2, 0.25) is 5.91 Å². The highest BCUT2D eigenvalue weighted by molar-refractivity contribution is 5.79. The molecule has 0 bridgehead atoms. The van der Waals surface area contributed by atoms with E-state index in [4.69, 9.17) is 13.6 Å². The molecule has 128 valence electrons. The second-order valence-corrected chi connectivity index (χ2v) is 6.69. The van der Waals surface area contributed by atoms with E-state index in [-0.39, 0.29) is 11.8 Å². The molecule has 0 radical (unpaired) electrons. The summed E-state index contributed by atoms with van der Waals surface area (Å²) < 4.78 is 16.1. The van der Waals surface area contributed by atoms with Gasteiger partial charge in [-0.25, -0.2) is 0 Å². The van der Waals surface area contributed by atoms with Gasteiger partial charge in [0.15, 0.2) is 0 Å². The fraction of sp³-hybridized carbons (Fsp3) is 0.500. The van der Waals surface area contributed by atoms with Gasteiger partial charge < -0.3 is 18.9 Å². The van der Waals surface area contributed by atoms with Crippen LogP contribution in [0.4, 0.5) is 0 Å². The maximum Gasteiger partial charge on any atom is 0.226 e. The van der Waals surface area contributed by atoms with E-state index in [1.807, 2.05) is 18.2 Å². The predicted molar refractivity (Wildman–Crippen MR) is 85.8 cm³/mol. The molecule has 1 N–H and O–H groups in total. The molecule has 2 fully saturated rings. The van der Waals surface area contributed by atoms with E-state index in [0.717, 1.165) is 32.0 Å². The molecule has 0 aliphatic carbocycles. The molecule has 1 amide bonds. The number of nitrogens with one attached hydrogen (secondary N) is 1. The lowest BCUT2D eigenvalue weighted by Gasteiger charge is -2.31. The molecule has 2 aliphatic heterocycles. The van der Waals surface area contributed by atoms with Crippen LogP contribution in [-0.2, 0) is 22.6 Å². The van der Waals surface area contributed by atoms with Crippen molar-refractivity contribution in [3.63, 3.8) is 0 Å². The second kappa shape index (κ2) is 6.83. The average molecular weight is 330 g/mol. The van der Waals surface area contributed by atoms with Gasteiger partial charge >= 0.3 is 0 Å². The Labute approximate surface area is 140 Å². The van der Waals surface area contributed by atoms with Gasteiger partial charge in [0, 0.05) is 25.2 Å². The van der Waals surface area contributed by atoms with Crippen molar-refractivity contribution in [3.8, 4) is 0 Å². The van der Waals surface area contributed by atoms with E-state index < -0.39 is 0 Å². The summed E-state index contributed by atoms with van der Waals surface area (Å²) in [7, 11) is 0. The highest BCUT2D eigenvalue weighted by Gasteiger charge is 2.43. The fourth-order valence-corrected chi connectivity index (χ4v) is 3.85. The van der Waals surface area contributed by atoms with E-state index >= 15 is 0 Å². The number of hydrogen-bond donors (Lipinski definition) is 1. The zero-order valence-corrected chi connectivity index (χ0v) is 13.5. The molecule has 24 heavy (non-hydrogen) atoms. The molecule has 0 aromatic carbocycles. The van der Waals surface area contributed by atoms with Crippen LogP contribution >= 0.6 is 0 Å². The van der Waals surface area contributed by atoms with Gasteiger partial charge in [-0.15, -0.1) is 0 Å². The number of fused-ring (bicyclic) bond motifs is 1. The number of ether oxygens (including phenoxy) is 1. The average Bonchev–Trinajstić information content (AvgIpc) is 3.33. The van der Waals surface area contributed by atoms with Gasteiger partial charge in [-0.05, 0) is 30.0 Å². The topological polar surface area (TPSA) is 67.8 Å². The van der Waals surface area contributed by atoms with Gasteiger partial charge in [0.1, 0.15) is 5.76 Å². The smallest absolute Gasteiger partial charge is 0.226 e. The van der Waals surface area contributed by atoms with Crippen molar-refractivity contribution in [2.24, 2.45) is 17.8 Å². The third-order valence-corrected chi connectivity index (χ3v) is 5.05. The molecular weight excluding hydrogens is 308 g/mol. The predicted octanol–water partition coefficient (Wildman–Crippen LogP) is 1.88. The van der Waals surface area contributed by atoms with Gasteiger partial charge in [-0.2, -0.15) is 0 Å². The lowest BCUT2D eigenvalue weighted by molar-refractivity contribution is -0.133. The van der Waals surface area contributed by atoms with E-state index in [0.29, 0.717) is 25.0 Å². The molecule has 2 aromatic rings. The summed E-state index contributed by atoms with van der Waals surface area (Å²) in [5.41, 5.74) is 1.17. The first-order chi connectivity index (χ1) is 11.8. The summed E-state index contributed by atoms with van der Waals surface area (Å²) in [6.07, 6.45) is 5.10. The normalized spacial score (nSPS) is 27.1. The van der Waals surface area contributed by atoms with E-state index in [2.05, 4.69) is 10.2 Å². The van der Waals surface area contributed by atoms with E-state index in [1.165, 1.54) is 5.56 Å². The van der Waals surface area contributed by atoms with Crippen LogP contribution in [0.5, 0.6) is 0 Å². The molecule has 0 unspecified atom stereocenters. The monoisotopic (exact) mass is 330 g/mol. The lowest BCUT2D eigenvalue weighted by atomic mass is 9.82. The zero-order chi connectivity index (χ0) is 16.4. The summed E-state index contributed by atoms with van der Waals surface area (Å²) in [6.45, 7) is 4.44. The molecule has 2 aliphatic rings. The second-order valence-electron chi connectivity index (χ2n) is 6.69. The highest BCUT2D eigenvalue weighted by atomic mass is 16.5. The Morgan fingerprint density at radius 3 is 3.00 bits per heavy atom. The maximum absolute atomic E-state index is 12.6. The number of rotatable bonds is 5. The standard InChI is InChI=1S/C18H22N2O4/c21-18(19-6-15-2-1-4-24-15)17-12-23-11-14-8-20(9-16(14)17)7-13-3-5-22-10-13/h1-5,10,14,16-17H,6-9,11-12H2,(H,19,21)/t14-,16-,17-/m1/s1. The summed E-state index contributed by atoms with van der Waals surface area (Å²) in [5, 5.41) is 2.98. The van der Waals surface area contributed by atoms with Crippen LogP contribution in [0, 0.1) is 17.8 Å². The van der Waals surface area contributed by atoms with Crippen molar-refractivity contribution in [2.75, 3.05) is 26.3 Å². The minimum Gasteiger partial charge on any atom is -0.472 e. The number of nitrogens with zero attached hydrogens (tertiary/aromatic N) is 1.